The lowest BCUT2D eigenvalue weighted by Crippen LogP contribution is -2.48. The Kier molecular flexibility index (Phi) is 9.12. The topological polar surface area (TPSA) is 72.3 Å². The number of anilines is 1. The minimum Gasteiger partial charge on any atom is -0.381 e. The summed E-state index contributed by atoms with van der Waals surface area (Å²) < 4.78 is 38.6. The second kappa shape index (κ2) is 13.0. The van der Waals surface area contributed by atoms with Crippen LogP contribution >= 0.6 is 11.8 Å². The molecule has 7 rings (SSSR count). The Labute approximate surface area is 250 Å². The van der Waals surface area contributed by atoms with Crippen molar-refractivity contribution in [2.24, 2.45) is 5.92 Å². The van der Waals surface area contributed by atoms with Crippen molar-refractivity contribution in [3.8, 4) is 0 Å². The first-order chi connectivity index (χ1) is 20.4. The Bertz CT molecular complexity index is 1440. The molecule has 1 atom stereocenters. The van der Waals surface area contributed by atoms with Gasteiger partial charge in [-0.2, -0.15) is 11.8 Å². The molecule has 1 aromatic carbocycles. The molecule has 42 heavy (non-hydrogen) atoms. The Morgan fingerprint density at radius 1 is 1.05 bits per heavy atom. The monoisotopic (exact) mass is 597 g/mol. The second-order valence-corrected chi connectivity index (χ2v) is 13.3. The van der Waals surface area contributed by atoms with E-state index in [4.69, 9.17) is 4.74 Å². The third-order valence-corrected chi connectivity index (χ3v) is 10.0. The summed E-state index contributed by atoms with van der Waals surface area (Å²) in [6, 6.07) is 8.47. The fourth-order valence-corrected chi connectivity index (χ4v) is 7.69. The number of nitrogens with one attached hydrogen (secondary N) is 1. The van der Waals surface area contributed by atoms with Crippen molar-refractivity contribution in [1.82, 2.24) is 19.4 Å². The summed E-state index contributed by atoms with van der Waals surface area (Å²) in [5.74, 6) is 0.0251. The quantitative estimate of drug-likeness (QED) is 0.359. The first kappa shape index (κ1) is 29.5. The van der Waals surface area contributed by atoms with E-state index in [0.717, 1.165) is 79.8 Å². The molecule has 0 amide bonds. The molecule has 0 spiro atoms. The highest BCUT2D eigenvalue weighted by molar-refractivity contribution is 7.99. The predicted molar refractivity (Wildman–Crippen MR) is 165 cm³/mol. The van der Waals surface area contributed by atoms with Gasteiger partial charge in [-0.15, -0.1) is 0 Å². The number of thioether (sulfide) groups is 1. The molecule has 226 valence electrons. The van der Waals surface area contributed by atoms with E-state index in [2.05, 4.69) is 20.2 Å². The summed E-state index contributed by atoms with van der Waals surface area (Å²) in [6.45, 7) is 6.08. The first-order valence-corrected chi connectivity index (χ1v) is 16.6. The SMILES string of the molecule is CC1Nc2ncnc3c2cc(C2CCSCC2)c(=O)n3CCCOCCCCN2CC(C2)CC(F)(F)c2cccc1c2. The van der Waals surface area contributed by atoms with E-state index in [-0.39, 0.29) is 35.4 Å². The summed E-state index contributed by atoms with van der Waals surface area (Å²) in [5, 5.41) is 4.26. The van der Waals surface area contributed by atoms with E-state index < -0.39 is 5.92 Å². The number of alkyl halides is 2. The van der Waals surface area contributed by atoms with Gasteiger partial charge in [-0.3, -0.25) is 9.36 Å². The predicted octanol–water partition coefficient (Wildman–Crippen LogP) is 6.19. The maximum atomic E-state index is 15.4. The second-order valence-electron chi connectivity index (χ2n) is 12.1. The van der Waals surface area contributed by atoms with Crippen molar-refractivity contribution < 1.29 is 13.5 Å². The van der Waals surface area contributed by atoms with Crippen molar-refractivity contribution in [2.75, 3.05) is 49.7 Å². The van der Waals surface area contributed by atoms with Gasteiger partial charge in [0.2, 0.25) is 0 Å². The van der Waals surface area contributed by atoms with Gasteiger partial charge in [0.1, 0.15) is 17.8 Å². The van der Waals surface area contributed by atoms with E-state index in [1.54, 1.807) is 22.8 Å². The number of benzene rings is 1. The highest BCUT2D eigenvalue weighted by Crippen LogP contribution is 2.39. The fourth-order valence-electron chi connectivity index (χ4n) is 6.59. The van der Waals surface area contributed by atoms with E-state index >= 15 is 8.78 Å². The van der Waals surface area contributed by atoms with Crippen LogP contribution in [0.25, 0.3) is 11.0 Å². The molecule has 10 heteroatoms. The number of halogens is 2. The zero-order valence-corrected chi connectivity index (χ0v) is 25.2. The van der Waals surface area contributed by atoms with Gasteiger partial charge >= 0.3 is 0 Å². The van der Waals surface area contributed by atoms with Gasteiger partial charge in [-0.1, -0.05) is 18.2 Å². The number of aryl methyl sites for hydroxylation is 1. The maximum absolute atomic E-state index is 15.4. The summed E-state index contributed by atoms with van der Waals surface area (Å²) in [7, 11) is 0. The molecule has 0 saturated carbocycles. The van der Waals surface area contributed by atoms with Gasteiger partial charge in [0, 0.05) is 56.4 Å². The standard InChI is InChI=1S/C32H41F2N5O2S/c1-22-25-6-4-7-26(16-25)32(33,34)18-23-19-38(20-23)10-2-3-12-41-13-5-11-39-30-28(29(37-22)35-21-36-30)17-27(31(39)40)24-8-14-42-15-9-24/h4,6-7,16-17,21-24H,2-3,5,8-15,18-20H2,1H3,(H,35,36,37). The maximum Gasteiger partial charge on any atom is 0.273 e. The molecule has 1 N–H and O–H groups in total. The Morgan fingerprint density at radius 3 is 2.69 bits per heavy atom. The van der Waals surface area contributed by atoms with E-state index in [1.165, 1.54) is 6.33 Å². The van der Waals surface area contributed by atoms with E-state index in [1.807, 2.05) is 30.8 Å². The average Bonchev–Trinajstić information content (AvgIpc) is 2.98. The van der Waals surface area contributed by atoms with Crippen LogP contribution in [-0.2, 0) is 17.2 Å². The number of pyridine rings is 1. The van der Waals surface area contributed by atoms with Crippen LogP contribution in [0.2, 0.25) is 0 Å². The van der Waals surface area contributed by atoms with Crippen LogP contribution in [0, 0.1) is 5.92 Å². The largest absolute Gasteiger partial charge is 0.381 e. The normalized spacial score (nSPS) is 26.0. The lowest BCUT2D eigenvalue weighted by Gasteiger charge is -2.41. The molecule has 7 nitrogen and oxygen atoms in total. The summed E-state index contributed by atoms with van der Waals surface area (Å²) in [5.41, 5.74) is 2.26. The smallest absolute Gasteiger partial charge is 0.273 e. The van der Waals surface area contributed by atoms with Gasteiger partial charge in [-0.05, 0) is 86.6 Å². The molecule has 0 radical (unpaired) electrons. The average molecular weight is 598 g/mol. The van der Waals surface area contributed by atoms with Crippen LogP contribution in [0.5, 0.6) is 0 Å². The van der Waals surface area contributed by atoms with Crippen LogP contribution in [0.3, 0.4) is 0 Å². The van der Waals surface area contributed by atoms with Crippen molar-refractivity contribution in [3.63, 3.8) is 0 Å². The molecular formula is C32H41F2N5O2S. The van der Waals surface area contributed by atoms with E-state index in [0.29, 0.717) is 31.2 Å². The molecule has 1 unspecified atom stereocenters. The molecule has 4 aliphatic heterocycles. The number of aromatic nitrogens is 3. The number of hydrogen-bond donors (Lipinski definition) is 1. The first-order valence-electron chi connectivity index (χ1n) is 15.4. The lowest BCUT2D eigenvalue weighted by molar-refractivity contribution is -0.0570. The van der Waals surface area contributed by atoms with Gasteiger partial charge in [0.15, 0.2) is 0 Å². The Balaban J connectivity index is 1.35. The number of nitrogens with zero attached hydrogens (tertiary/aromatic N) is 4. The van der Waals surface area contributed by atoms with Crippen molar-refractivity contribution in [3.05, 3.63) is 63.7 Å². The van der Waals surface area contributed by atoms with Crippen molar-refractivity contribution in [1.29, 1.82) is 0 Å². The number of ether oxygens (including phenoxy) is 1. The van der Waals surface area contributed by atoms with Crippen LogP contribution in [0.15, 0.2) is 41.5 Å². The summed E-state index contributed by atoms with van der Waals surface area (Å²) in [4.78, 5) is 25.2. The Hall–Kier alpha value is -2.56. The van der Waals surface area contributed by atoms with Crippen molar-refractivity contribution >= 4 is 28.6 Å². The van der Waals surface area contributed by atoms with Crippen LogP contribution < -0.4 is 10.9 Å². The highest BCUT2D eigenvalue weighted by Gasteiger charge is 2.39. The summed E-state index contributed by atoms with van der Waals surface area (Å²) >= 11 is 1.93. The lowest BCUT2D eigenvalue weighted by atomic mass is 9.89. The third kappa shape index (κ3) is 6.50. The molecular weight excluding hydrogens is 556 g/mol. The van der Waals surface area contributed by atoms with Crippen LogP contribution in [0.1, 0.15) is 74.1 Å². The van der Waals surface area contributed by atoms with Gasteiger partial charge in [-0.25, -0.2) is 18.7 Å². The van der Waals surface area contributed by atoms with Gasteiger partial charge < -0.3 is 15.0 Å². The number of fused-ring (bicyclic) bond motifs is 9. The zero-order valence-electron chi connectivity index (χ0n) is 24.4. The van der Waals surface area contributed by atoms with E-state index in [9.17, 15) is 4.79 Å². The van der Waals surface area contributed by atoms with Crippen LogP contribution in [0.4, 0.5) is 14.6 Å². The van der Waals surface area contributed by atoms with Gasteiger partial charge in [0.05, 0.1) is 5.39 Å². The molecule has 2 fully saturated rings. The highest BCUT2D eigenvalue weighted by atomic mass is 32.2. The number of hydrogen-bond acceptors (Lipinski definition) is 7. The Morgan fingerprint density at radius 2 is 1.86 bits per heavy atom. The molecule has 2 saturated heterocycles. The molecule has 6 heterocycles. The van der Waals surface area contributed by atoms with Crippen LogP contribution in [-0.4, -0.2) is 63.8 Å². The fraction of sp³-hybridized carbons (Fsp3) is 0.594. The molecule has 8 bridgehead atoms. The minimum absolute atomic E-state index is 0.00949. The zero-order chi connectivity index (χ0) is 29.1. The summed E-state index contributed by atoms with van der Waals surface area (Å²) in [6.07, 6.45) is 5.93. The molecule has 2 aromatic heterocycles. The molecule has 0 aliphatic carbocycles. The molecule has 3 aromatic rings. The molecule has 4 aliphatic rings. The minimum atomic E-state index is -2.89. The third-order valence-electron chi connectivity index (χ3n) is 9.00. The van der Waals surface area contributed by atoms with Crippen molar-refractivity contribution in [2.45, 2.75) is 69.9 Å². The van der Waals surface area contributed by atoms with Gasteiger partial charge in [0.25, 0.3) is 11.5 Å². The number of rotatable bonds is 1.